The van der Waals surface area contributed by atoms with Gasteiger partial charge < -0.3 is 19.9 Å². The summed E-state index contributed by atoms with van der Waals surface area (Å²) in [6.45, 7) is 10.1. The van der Waals surface area contributed by atoms with Gasteiger partial charge in [-0.3, -0.25) is 14.6 Å². The number of rotatable bonds is 10. The third kappa shape index (κ3) is 5.36. The molecule has 7 heteroatoms. The van der Waals surface area contributed by atoms with Gasteiger partial charge in [0.05, 0.1) is 18.0 Å². The molecule has 0 radical (unpaired) electrons. The molecule has 2 amide bonds. The number of benzene rings is 1. The van der Waals surface area contributed by atoms with Crippen LogP contribution in [0.4, 0.5) is 11.4 Å². The molecule has 1 aliphatic heterocycles. The molecule has 1 aromatic heterocycles. The van der Waals surface area contributed by atoms with E-state index in [-0.39, 0.29) is 11.8 Å². The highest BCUT2D eigenvalue weighted by Gasteiger charge is 2.45. The van der Waals surface area contributed by atoms with Crippen molar-refractivity contribution < 1.29 is 14.3 Å². The first kappa shape index (κ1) is 24.7. The molecule has 1 aromatic carbocycles. The number of aromatic nitrogens is 1. The maximum Gasteiger partial charge on any atom is 0.242 e. The number of hydrogen-bond acceptors (Lipinski definition) is 5. The van der Waals surface area contributed by atoms with Crippen molar-refractivity contribution in [1.29, 1.82) is 0 Å². The van der Waals surface area contributed by atoms with Gasteiger partial charge in [-0.2, -0.15) is 0 Å². The van der Waals surface area contributed by atoms with E-state index in [0.29, 0.717) is 24.6 Å². The van der Waals surface area contributed by atoms with Crippen molar-refractivity contribution in [2.45, 2.75) is 53.5 Å². The van der Waals surface area contributed by atoms with Crippen LogP contribution in [0.5, 0.6) is 5.75 Å². The molecule has 2 aromatic rings. The summed E-state index contributed by atoms with van der Waals surface area (Å²) in [5.41, 5.74) is 2.72. The molecule has 0 atom stereocenters. The first-order chi connectivity index (χ1) is 15.8. The molecular formula is C26H36N4O3. The van der Waals surface area contributed by atoms with Crippen LogP contribution in [0.3, 0.4) is 0 Å². The van der Waals surface area contributed by atoms with Gasteiger partial charge in [-0.25, -0.2) is 0 Å². The van der Waals surface area contributed by atoms with Gasteiger partial charge in [0.2, 0.25) is 11.8 Å². The molecule has 7 nitrogen and oxygen atoms in total. The van der Waals surface area contributed by atoms with Gasteiger partial charge in [-0.1, -0.05) is 19.4 Å². The van der Waals surface area contributed by atoms with Crippen LogP contribution in [-0.2, 0) is 22.6 Å². The van der Waals surface area contributed by atoms with Crippen LogP contribution in [0.1, 0.15) is 51.8 Å². The van der Waals surface area contributed by atoms with Crippen molar-refractivity contribution >= 4 is 23.2 Å². The Balaban J connectivity index is 1.58. The lowest BCUT2D eigenvalue weighted by Crippen LogP contribution is -2.47. The van der Waals surface area contributed by atoms with Crippen molar-refractivity contribution in [3.05, 3.63) is 47.8 Å². The van der Waals surface area contributed by atoms with E-state index in [2.05, 4.69) is 23.3 Å². The predicted molar refractivity (Wildman–Crippen MR) is 132 cm³/mol. The van der Waals surface area contributed by atoms with Gasteiger partial charge in [-0.15, -0.1) is 0 Å². The van der Waals surface area contributed by atoms with Crippen LogP contribution < -0.4 is 19.9 Å². The topological polar surface area (TPSA) is 74.8 Å². The minimum Gasteiger partial charge on any atom is -0.493 e. The highest BCUT2D eigenvalue weighted by atomic mass is 16.5. The van der Waals surface area contributed by atoms with Crippen LogP contribution in [-0.4, -0.2) is 43.5 Å². The third-order valence-electron chi connectivity index (χ3n) is 6.09. The van der Waals surface area contributed by atoms with Crippen molar-refractivity contribution in [3.63, 3.8) is 0 Å². The number of pyridine rings is 1. The summed E-state index contributed by atoms with van der Waals surface area (Å²) in [5.74, 6) is 0.286. The minimum absolute atomic E-state index is 0.184. The lowest BCUT2D eigenvalue weighted by atomic mass is 9.90. The first-order valence-electron chi connectivity index (χ1n) is 11.8. The number of anilines is 2. The van der Waals surface area contributed by atoms with E-state index in [4.69, 9.17) is 4.74 Å². The largest absolute Gasteiger partial charge is 0.493 e. The van der Waals surface area contributed by atoms with Crippen molar-refractivity contribution in [3.8, 4) is 5.75 Å². The number of hydrogen-bond donors (Lipinski definition) is 1. The van der Waals surface area contributed by atoms with Gasteiger partial charge in [0, 0.05) is 38.1 Å². The molecule has 0 fully saturated rings. The number of nitrogens with one attached hydrogen (secondary N) is 1. The van der Waals surface area contributed by atoms with Gasteiger partial charge >= 0.3 is 0 Å². The molecule has 2 heterocycles. The van der Waals surface area contributed by atoms with E-state index >= 15 is 0 Å². The fourth-order valence-corrected chi connectivity index (χ4v) is 4.18. The average Bonchev–Trinajstić information content (AvgIpc) is 2.86. The maximum atomic E-state index is 13.0. The smallest absolute Gasteiger partial charge is 0.242 e. The monoisotopic (exact) mass is 452 g/mol. The standard InChI is InChI=1S/C26H36N4O3/c1-6-10-21-19(11-8-15-28-21)18-27-14-9-16-33-20-12-13-22-23(17-20)29(5)24(31)26(3,4)25(32)30(22)7-2/h8,11-13,15,17,27H,6-7,9-10,14,16,18H2,1-5H3. The van der Waals surface area contributed by atoms with E-state index < -0.39 is 5.41 Å². The van der Waals surface area contributed by atoms with Crippen LogP contribution in [0.15, 0.2) is 36.5 Å². The van der Waals surface area contributed by atoms with Crippen molar-refractivity contribution in [2.75, 3.05) is 36.5 Å². The van der Waals surface area contributed by atoms with Gasteiger partial charge in [0.15, 0.2) is 0 Å². The molecule has 1 aliphatic rings. The number of amides is 2. The van der Waals surface area contributed by atoms with E-state index in [1.807, 2.05) is 37.4 Å². The number of ether oxygens (including phenoxy) is 1. The predicted octanol–water partition coefficient (Wildman–Crippen LogP) is 3.95. The first-order valence-corrected chi connectivity index (χ1v) is 11.8. The summed E-state index contributed by atoms with van der Waals surface area (Å²) >= 11 is 0. The van der Waals surface area contributed by atoms with Crippen LogP contribution in [0.2, 0.25) is 0 Å². The summed E-state index contributed by atoms with van der Waals surface area (Å²) in [5, 5.41) is 3.47. The molecule has 0 unspecified atom stereocenters. The normalized spacial score (nSPS) is 15.4. The number of carbonyl (C=O) groups is 2. The summed E-state index contributed by atoms with van der Waals surface area (Å²) in [6, 6.07) is 9.69. The lowest BCUT2D eigenvalue weighted by Gasteiger charge is -2.27. The molecule has 178 valence electrons. The lowest BCUT2D eigenvalue weighted by molar-refractivity contribution is -0.137. The molecule has 33 heavy (non-hydrogen) atoms. The maximum absolute atomic E-state index is 13.0. The molecule has 0 aliphatic carbocycles. The highest BCUT2D eigenvalue weighted by molar-refractivity contribution is 6.20. The Morgan fingerprint density at radius 1 is 1.09 bits per heavy atom. The molecule has 0 spiro atoms. The quantitative estimate of drug-likeness (QED) is 0.436. The number of carbonyl (C=O) groups excluding carboxylic acids is 2. The molecule has 1 N–H and O–H groups in total. The Bertz CT molecular complexity index is 989. The Labute approximate surface area is 197 Å². The molecule has 0 bridgehead atoms. The molecular weight excluding hydrogens is 416 g/mol. The highest BCUT2D eigenvalue weighted by Crippen LogP contribution is 2.40. The molecule has 3 rings (SSSR count). The fourth-order valence-electron chi connectivity index (χ4n) is 4.18. The van der Waals surface area contributed by atoms with Crippen LogP contribution in [0.25, 0.3) is 0 Å². The Hall–Kier alpha value is -2.93. The number of aryl methyl sites for hydroxylation is 1. The summed E-state index contributed by atoms with van der Waals surface area (Å²) < 4.78 is 5.96. The average molecular weight is 453 g/mol. The fraction of sp³-hybridized carbons (Fsp3) is 0.500. The molecule has 0 saturated heterocycles. The minimum atomic E-state index is -1.11. The second-order valence-corrected chi connectivity index (χ2v) is 8.93. The van der Waals surface area contributed by atoms with E-state index in [9.17, 15) is 9.59 Å². The van der Waals surface area contributed by atoms with E-state index in [0.717, 1.165) is 43.7 Å². The van der Waals surface area contributed by atoms with Gasteiger partial charge in [0.25, 0.3) is 0 Å². The van der Waals surface area contributed by atoms with Gasteiger partial charge in [0.1, 0.15) is 11.2 Å². The van der Waals surface area contributed by atoms with E-state index in [1.165, 1.54) is 5.56 Å². The Morgan fingerprint density at radius 3 is 2.61 bits per heavy atom. The zero-order chi connectivity index (χ0) is 24.0. The zero-order valence-corrected chi connectivity index (χ0v) is 20.5. The second kappa shape index (κ2) is 10.8. The zero-order valence-electron chi connectivity index (χ0n) is 20.5. The van der Waals surface area contributed by atoms with Crippen LogP contribution >= 0.6 is 0 Å². The number of nitrogens with zero attached hydrogens (tertiary/aromatic N) is 3. The Kier molecular flexibility index (Phi) is 8.08. The summed E-state index contributed by atoms with van der Waals surface area (Å²) in [4.78, 5) is 33.7. The van der Waals surface area contributed by atoms with Crippen molar-refractivity contribution in [2.24, 2.45) is 5.41 Å². The van der Waals surface area contributed by atoms with Gasteiger partial charge in [-0.05, 0) is 63.9 Å². The number of fused-ring (bicyclic) bond motifs is 1. The van der Waals surface area contributed by atoms with E-state index in [1.54, 1.807) is 30.7 Å². The van der Waals surface area contributed by atoms with Crippen LogP contribution in [0, 0.1) is 5.41 Å². The summed E-state index contributed by atoms with van der Waals surface area (Å²) in [6.07, 6.45) is 4.78. The SMILES string of the molecule is CCCc1ncccc1CNCCCOc1ccc2c(c1)N(C)C(=O)C(C)(C)C(=O)N2CC. The third-order valence-corrected chi connectivity index (χ3v) is 6.09. The Morgan fingerprint density at radius 2 is 1.88 bits per heavy atom. The van der Waals surface area contributed by atoms with Crippen molar-refractivity contribution in [1.82, 2.24) is 10.3 Å². The second-order valence-electron chi connectivity index (χ2n) is 8.93. The molecule has 0 saturated carbocycles. The summed E-state index contributed by atoms with van der Waals surface area (Å²) in [7, 11) is 1.72.